The molecule has 11 heteroatoms. The second-order valence-corrected chi connectivity index (χ2v) is 6.07. The van der Waals surface area contributed by atoms with Gasteiger partial charge in [0.05, 0.1) is 12.3 Å². The molecule has 122 valence electrons. The van der Waals surface area contributed by atoms with Crippen LogP contribution in [0.2, 0.25) is 0 Å². The molecule has 0 fully saturated rings. The van der Waals surface area contributed by atoms with Crippen LogP contribution < -0.4 is 14.7 Å². The molecule has 0 aliphatic rings. The van der Waals surface area contributed by atoms with E-state index < -0.39 is 27.4 Å². The predicted molar refractivity (Wildman–Crippen MR) is 69.3 cm³/mol. The number of aromatic nitrogens is 1. The maximum absolute atomic E-state index is 12.3. The number of nitrogens with zero attached hydrogens (tertiary/aromatic N) is 2. The van der Waals surface area contributed by atoms with Gasteiger partial charge in [-0.3, -0.25) is 0 Å². The molecule has 0 atom stereocenters. The van der Waals surface area contributed by atoms with E-state index in [9.17, 15) is 21.6 Å². The molecule has 1 aromatic heterocycles. The number of ether oxygens (including phenoxy) is 1. The number of nitrogens with two attached hydrogens (primary N) is 1. The van der Waals surface area contributed by atoms with Crippen molar-refractivity contribution in [3.8, 4) is 17.8 Å². The molecule has 0 unspecified atom stereocenters. The number of alkyl halides is 3. The van der Waals surface area contributed by atoms with E-state index in [4.69, 9.17) is 15.7 Å². The van der Waals surface area contributed by atoms with Crippen LogP contribution in [-0.2, 0) is 10.1 Å². The van der Waals surface area contributed by atoms with E-state index in [1.54, 1.807) is 19.9 Å². The smallest absolute Gasteiger partial charge is 0.476 e. The lowest BCUT2D eigenvalue weighted by Crippen LogP contribution is -2.28. The Morgan fingerprint density at radius 3 is 2.50 bits per heavy atom. The van der Waals surface area contributed by atoms with E-state index in [0.717, 1.165) is 0 Å². The van der Waals surface area contributed by atoms with Crippen molar-refractivity contribution in [2.24, 2.45) is 5.92 Å². The molecule has 2 N–H and O–H groups in total. The van der Waals surface area contributed by atoms with Gasteiger partial charge >= 0.3 is 15.6 Å². The highest BCUT2D eigenvalue weighted by molar-refractivity contribution is 7.87. The lowest BCUT2D eigenvalue weighted by molar-refractivity contribution is -0.0501. The van der Waals surface area contributed by atoms with Crippen LogP contribution in [0.5, 0.6) is 11.8 Å². The zero-order valence-corrected chi connectivity index (χ0v) is 12.3. The maximum Gasteiger partial charge on any atom is 0.534 e. The van der Waals surface area contributed by atoms with E-state index in [1.807, 2.05) is 0 Å². The van der Waals surface area contributed by atoms with E-state index in [1.165, 1.54) is 0 Å². The van der Waals surface area contributed by atoms with Crippen LogP contribution in [0.4, 0.5) is 18.9 Å². The van der Waals surface area contributed by atoms with Gasteiger partial charge in [0.15, 0.2) is 0 Å². The standard InChI is InChI=1S/C11H12F3N3O4S/c1-6(2)5-20-10-7(4-15)8(16)3-9(17-10)21-22(18,19)11(12,13)14/h3,6H,5H2,1-2H3,(H2,16,17). The molecule has 1 rings (SSSR count). The minimum atomic E-state index is -5.89. The van der Waals surface area contributed by atoms with E-state index in [-0.39, 0.29) is 23.8 Å². The first kappa shape index (κ1) is 17.8. The fraction of sp³-hybridized carbons (Fsp3) is 0.455. The van der Waals surface area contributed by atoms with Crippen LogP contribution >= 0.6 is 0 Å². The van der Waals surface area contributed by atoms with Crippen molar-refractivity contribution in [3.63, 3.8) is 0 Å². The van der Waals surface area contributed by atoms with Gasteiger partial charge in [-0.1, -0.05) is 13.8 Å². The summed E-state index contributed by atoms with van der Waals surface area (Å²) in [6.45, 7) is 3.66. The zero-order valence-electron chi connectivity index (χ0n) is 11.5. The molecular weight excluding hydrogens is 327 g/mol. The van der Waals surface area contributed by atoms with Crippen molar-refractivity contribution in [1.82, 2.24) is 4.98 Å². The molecule has 0 amide bonds. The monoisotopic (exact) mass is 339 g/mol. The number of anilines is 1. The average molecular weight is 339 g/mol. The van der Waals surface area contributed by atoms with Crippen molar-refractivity contribution in [3.05, 3.63) is 11.6 Å². The summed E-state index contributed by atoms with van der Waals surface area (Å²) >= 11 is 0. The number of nitrogen functional groups attached to an aromatic ring is 1. The molecule has 0 bridgehead atoms. The van der Waals surface area contributed by atoms with Crippen LogP contribution in [0.3, 0.4) is 0 Å². The molecule has 0 aliphatic carbocycles. The second kappa shape index (κ2) is 6.27. The van der Waals surface area contributed by atoms with Gasteiger partial charge in [0.1, 0.15) is 11.6 Å². The Labute approximate surface area is 124 Å². The Kier molecular flexibility index (Phi) is 5.08. The largest absolute Gasteiger partial charge is 0.534 e. The van der Waals surface area contributed by atoms with Crippen LogP contribution in [0, 0.1) is 17.2 Å². The van der Waals surface area contributed by atoms with Crippen LogP contribution in [-0.4, -0.2) is 25.5 Å². The third-order valence-corrected chi connectivity index (χ3v) is 3.09. The summed E-state index contributed by atoms with van der Waals surface area (Å²) < 4.78 is 67.7. The highest BCUT2D eigenvalue weighted by Crippen LogP contribution is 2.30. The quantitative estimate of drug-likeness (QED) is 0.642. The Hall–Kier alpha value is -2.22. The molecule has 1 aromatic rings. The number of pyridine rings is 1. The molecule has 22 heavy (non-hydrogen) atoms. The molecule has 0 aromatic carbocycles. The lowest BCUT2D eigenvalue weighted by Gasteiger charge is -2.13. The van der Waals surface area contributed by atoms with Crippen molar-refractivity contribution in [1.29, 1.82) is 5.26 Å². The van der Waals surface area contributed by atoms with Crippen LogP contribution in [0.1, 0.15) is 19.4 Å². The van der Waals surface area contributed by atoms with Gasteiger partial charge in [-0.05, 0) is 5.92 Å². The molecule has 0 aliphatic heterocycles. The van der Waals surface area contributed by atoms with Crippen LogP contribution in [0.25, 0.3) is 0 Å². The first-order valence-corrected chi connectivity index (χ1v) is 7.23. The minimum Gasteiger partial charge on any atom is -0.476 e. The van der Waals surface area contributed by atoms with Crippen molar-refractivity contribution >= 4 is 15.8 Å². The van der Waals surface area contributed by atoms with E-state index in [0.29, 0.717) is 6.07 Å². The normalized spacial score (nSPS) is 12.0. The third-order valence-electron chi connectivity index (χ3n) is 2.14. The van der Waals surface area contributed by atoms with Gasteiger partial charge in [0.2, 0.25) is 11.8 Å². The van der Waals surface area contributed by atoms with Gasteiger partial charge in [0.25, 0.3) is 0 Å². The summed E-state index contributed by atoms with van der Waals surface area (Å²) in [5, 5.41) is 8.93. The predicted octanol–water partition coefficient (Wildman–Crippen LogP) is 1.80. The summed E-state index contributed by atoms with van der Waals surface area (Å²) in [6.07, 6.45) is 0. The van der Waals surface area contributed by atoms with Gasteiger partial charge in [-0.15, -0.1) is 0 Å². The fourth-order valence-electron chi connectivity index (χ4n) is 1.18. The second-order valence-electron chi connectivity index (χ2n) is 4.53. The molecule has 0 radical (unpaired) electrons. The molecule has 0 saturated carbocycles. The van der Waals surface area contributed by atoms with E-state index >= 15 is 0 Å². The third kappa shape index (κ3) is 4.14. The average Bonchev–Trinajstić information content (AvgIpc) is 2.34. The zero-order chi connectivity index (χ0) is 17.1. The number of halogens is 3. The van der Waals surface area contributed by atoms with Gasteiger partial charge in [-0.2, -0.15) is 31.8 Å². The van der Waals surface area contributed by atoms with Gasteiger partial charge in [0, 0.05) is 6.07 Å². The Balaban J connectivity index is 3.22. The number of hydrogen-bond acceptors (Lipinski definition) is 7. The Morgan fingerprint density at radius 1 is 1.45 bits per heavy atom. The fourth-order valence-corrected chi connectivity index (χ4v) is 1.59. The number of nitriles is 1. The molecular formula is C11H12F3N3O4S. The molecule has 0 saturated heterocycles. The van der Waals surface area contributed by atoms with Crippen LogP contribution in [0.15, 0.2) is 6.07 Å². The van der Waals surface area contributed by atoms with Crippen molar-refractivity contribution in [2.45, 2.75) is 19.4 Å². The maximum atomic E-state index is 12.3. The SMILES string of the molecule is CC(C)COc1nc(OS(=O)(=O)C(F)(F)F)cc(N)c1C#N. The summed E-state index contributed by atoms with van der Waals surface area (Å²) in [5.74, 6) is -1.31. The van der Waals surface area contributed by atoms with Crippen molar-refractivity contribution < 1.29 is 30.5 Å². The highest BCUT2D eigenvalue weighted by atomic mass is 32.2. The first-order chi connectivity index (χ1) is 9.98. The summed E-state index contributed by atoms with van der Waals surface area (Å²) in [7, 11) is -5.89. The molecule has 0 spiro atoms. The summed E-state index contributed by atoms with van der Waals surface area (Å²) in [5.41, 5.74) is -0.687. The first-order valence-electron chi connectivity index (χ1n) is 5.82. The minimum absolute atomic E-state index is 0.0260. The van der Waals surface area contributed by atoms with Gasteiger partial charge in [-0.25, -0.2) is 0 Å². The lowest BCUT2D eigenvalue weighted by atomic mass is 10.2. The van der Waals surface area contributed by atoms with Crippen molar-refractivity contribution in [2.75, 3.05) is 12.3 Å². The Morgan fingerprint density at radius 2 is 2.05 bits per heavy atom. The number of rotatable bonds is 5. The summed E-state index contributed by atoms with van der Waals surface area (Å²) in [6, 6.07) is 2.37. The topological polar surface area (TPSA) is 115 Å². The highest BCUT2D eigenvalue weighted by Gasteiger charge is 2.49. The number of hydrogen-bond donors (Lipinski definition) is 1. The van der Waals surface area contributed by atoms with E-state index in [2.05, 4.69) is 9.17 Å². The molecule has 1 heterocycles. The Bertz CT molecular complexity index is 696. The summed E-state index contributed by atoms with van der Waals surface area (Å²) in [4.78, 5) is 3.45. The van der Waals surface area contributed by atoms with Gasteiger partial charge < -0.3 is 14.7 Å². The molecule has 7 nitrogen and oxygen atoms in total.